The predicted molar refractivity (Wildman–Crippen MR) is 113 cm³/mol. The fourth-order valence-corrected chi connectivity index (χ4v) is 4.61. The highest BCUT2D eigenvalue weighted by molar-refractivity contribution is 7.99. The lowest BCUT2D eigenvalue weighted by molar-refractivity contribution is -0.127. The molecule has 0 spiro atoms. The summed E-state index contributed by atoms with van der Waals surface area (Å²) in [5.74, 6) is 0.456. The molecule has 4 aromatic rings. The molecular weight excluding hydrogens is 374 g/mol. The third-order valence-corrected chi connectivity index (χ3v) is 6.05. The lowest BCUT2D eigenvalue weighted by Crippen LogP contribution is -2.27. The molecule has 136 valence electrons. The number of benzene rings is 2. The van der Waals surface area contributed by atoms with Crippen molar-refractivity contribution in [3.8, 4) is 5.69 Å². The molecule has 2 heterocycles. The van der Waals surface area contributed by atoms with E-state index in [0.29, 0.717) is 12.3 Å². The summed E-state index contributed by atoms with van der Waals surface area (Å²) in [6, 6.07) is 22.3. The van der Waals surface area contributed by atoms with Crippen molar-refractivity contribution in [1.29, 1.82) is 0 Å². The number of carbonyl (C=O) groups is 1. The van der Waals surface area contributed by atoms with Gasteiger partial charge in [0, 0.05) is 17.6 Å². The van der Waals surface area contributed by atoms with Crippen LogP contribution in [-0.2, 0) is 11.3 Å². The minimum absolute atomic E-state index is 0.0973. The molecule has 0 bridgehead atoms. The van der Waals surface area contributed by atoms with Crippen LogP contribution in [0.3, 0.4) is 0 Å². The fourth-order valence-electron chi connectivity index (χ4n) is 2.89. The molecule has 0 unspecified atom stereocenters. The summed E-state index contributed by atoms with van der Waals surface area (Å²) in [5, 5.41) is 2.87. The number of hydrogen-bond acceptors (Lipinski definition) is 4. The van der Waals surface area contributed by atoms with Gasteiger partial charge in [-0.1, -0.05) is 48.2 Å². The second-order valence-corrected chi connectivity index (χ2v) is 8.15. The average Bonchev–Trinajstić information content (AvgIpc) is 3.33. The molecule has 2 aromatic heterocycles. The van der Waals surface area contributed by atoms with Gasteiger partial charge in [0.1, 0.15) is 0 Å². The molecule has 4 nitrogen and oxygen atoms in total. The van der Waals surface area contributed by atoms with E-state index in [4.69, 9.17) is 4.98 Å². The predicted octanol–water partition coefficient (Wildman–Crippen LogP) is 4.84. The van der Waals surface area contributed by atoms with E-state index in [1.165, 1.54) is 16.6 Å². The normalized spacial score (nSPS) is 11.0. The minimum atomic E-state index is 0.0973. The van der Waals surface area contributed by atoms with Crippen molar-refractivity contribution in [2.24, 2.45) is 0 Å². The second-order valence-electron chi connectivity index (χ2n) is 6.17. The van der Waals surface area contributed by atoms with Gasteiger partial charge >= 0.3 is 0 Å². The number of aromatic nitrogens is 2. The van der Waals surface area contributed by atoms with E-state index in [9.17, 15) is 4.79 Å². The lowest BCUT2D eigenvalue weighted by Gasteiger charge is -2.16. The maximum atomic E-state index is 12.6. The number of nitrogens with zero attached hydrogens (tertiary/aromatic N) is 3. The van der Waals surface area contributed by atoms with Crippen LogP contribution in [0.15, 0.2) is 77.3 Å². The van der Waals surface area contributed by atoms with Gasteiger partial charge in [0.05, 0.1) is 23.3 Å². The van der Waals surface area contributed by atoms with Crippen molar-refractivity contribution in [2.75, 3.05) is 12.8 Å². The SMILES string of the molecule is CN(Cc1cccs1)C(=O)CSc1nc2ccccc2n1-c1ccccc1. The van der Waals surface area contributed by atoms with Gasteiger partial charge in [-0.15, -0.1) is 11.3 Å². The molecule has 4 rings (SSSR count). The number of para-hydroxylation sites is 3. The standard InChI is InChI=1S/C21H19N3OS2/c1-23(14-17-10-7-13-26-17)20(25)15-27-21-22-18-11-5-6-12-19(18)24(21)16-8-3-2-4-9-16/h2-13H,14-15H2,1H3. The number of hydrogen-bond donors (Lipinski definition) is 0. The lowest BCUT2D eigenvalue weighted by atomic mass is 10.3. The Morgan fingerprint density at radius 1 is 1.07 bits per heavy atom. The quantitative estimate of drug-likeness (QED) is 0.440. The Morgan fingerprint density at radius 2 is 1.85 bits per heavy atom. The average molecular weight is 394 g/mol. The van der Waals surface area contributed by atoms with E-state index in [1.54, 1.807) is 16.2 Å². The monoisotopic (exact) mass is 393 g/mol. The van der Waals surface area contributed by atoms with E-state index in [0.717, 1.165) is 21.9 Å². The molecule has 0 N–H and O–H groups in total. The Bertz CT molecular complexity index is 1040. The van der Waals surface area contributed by atoms with Crippen LogP contribution in [-0.4, -0.2) is 33.2 Å². The number of amides is 1. The zero-order chi connectivity index (χ0) is 18.6. The molecule has 27 heavy (non-hydrogen) atoms. The summed E-state index contributed by atoms with van der Waals surface area (Å²) in [6.07, 6.45) is 0. The number of imidazole rings is 1. The molecule has 6 heteroatoms. The molecule has 0 radical (unpaired) electrons. The van der Waals surface area contributed by atoms with Crippen molar-refractivity contribution >= 4 is 40.0 Å². The molecule has 1 amide bonds. The van der Waals surface area contributed by atoms with E-state index in [2.05, 4.69) is 28.8 Å². The van der Waals surface area contributed by atoms with Crippen molar-refractivity contribution in [1.82, 2.24) is 14.5 Å². The summed E-state index contributed by atoms with van der Waals surface area (Å²) >= 11 is 3.15. The van der Waals surface area contributed by atoms with Gasteiger partial charge in [-0.05, 0) is 35.7 Å². The van der Waals surface area contributed by atoms with Crippen LogP contribution in [0.25, 0.3) is 16.7 Å². The zero-order valence-electron chi connectivity index (χ0n) is 14.9. The van der Waals surface area contributed by atoms with Crippen LogP contribution in [0.1, 0.15) is 4.88 Å². The van der Waals surface area contributed by atoms with Crippen molar-refractivity contribution in [2.45, 2.75) is 11.7 Å². The number of fused-ring (bicyclic) bond motifs is 1. The highest BCUT2D eigenvalue weighted by Crippen LogP contribution is 2.28. The van der Waals surface area contributed by atoms with Gasteiger partial charge < -0.3 is 4.90 Å². The first-order valence-corrected chi connectivity index (χ1v) is 10.5. The molecule has 0 atom stereocenters. The van der Waals surface area contributed by atoms with E-state index >= 15 is 0 Å². The van der Waals surface area contributed by atoms with Gasteiger partial charge in [0.15, 0.2) is 5.16 Å². The first-order chi connectivity index (χ1) is 13.2. The van der Waals surface area contributed by atoms with Gasteiger partial charge in [-0.2, -0.15) is 0 Å². The van der Waals surface area contributed by atoms with Crippen LogP contribution in [0.2, 0.25) is 0 Å². The molecule has 0 aliphatic carbocycles. The van der Waals surface area contributed by atoms with Crippen LogP contribution in [0.4, 0.5) is 0 Å². The molecule has 0 fully saturated rings. The largest absolute Gasteiger partial charge is 0.340 e. The third-order valence-electron chi connectivity index (χ3n) is 4.27. The van der Waals surface area contributed by atoms with Crippen molar-refractivity contribution in [3.63, 3.8) is 0 Å². The molecule has 2 aromatic carbocycles. The molecular formula is C21H19N3OS2. The minimum Gasteiger partial charge on any atom is -0.340 e. The summed E-state index contributed by atoms with van der Waals surface area (Å²) < 4.78 is 2.12. The van der Waals surface area contributed by atoms with Crippen molar-refractivity contribution < 1.29 is 4.79 Å². The zero-order valence-corrected chi connectivity index (χ0v) is 16.5. The Kier molecular flexibility index (Phi) is 5.27. The van der Waals surface area contributed by atoms with Crippen molar-refractivity contribution in [3.05, 3.63) is 77.0 Å². The number of thiophene rings is 1. The van der Waals surface area contributed by atoms with Crippen LogP contribution in [0.5, 0.6) is 0 Å². The van der Waals surface area contributed by atoms with Gasteiger partial charge in [-0.3, -0.25) is 9.36 Å². The molecule has 0 saturated heterocycles. The summed E-state index contributed by atoms with van der Waals surface area (Å²) in [5.41, 5.74) is 3.03. The maximum Gasteiger partial charge on any atom is 0.233 e. The summed E-state index contributed by atoms with van der Waals surface area (Å²) in [7, 11) is 1.85. The van der Waals surface area contributed by atoms with Crippen LogP contribution in [0, 0.1) is 0 Å². The van der Waals surface area contributed by atoms with Gasteiger partial charge in [0.25, 0.3) is 0 Å². The maximum absolute atomic E-state index is 12.6. The summed E-state index contributed by atoms with van der Waals surface area (Å²) in [6.45, 7) is 0.645. The van der Waals surface area contributed by atoms with Gasteiger partial charge in [0.2, 0.25) is 5.91 Å². The second kappa shape index (κ2) is 7.98. The van der Waals surface area contributed by atoms with Gasteiger partial charge in [-0.25, -0.2) is 4.98 Å². The summed E-state index contributed by atoms with van der Waals surface area (Å²) in [4.78, 5) is 20.3. The van der Waals surface area contributed by atoms with E-state index in [1.807, 2.05) is 54.9 Å². The number of carbonyl (C=O) groups excluding carboxylic acids is 1. The van der Waals surface area contributed by atoms with Crippen LogP contribution >= 0.6 is 23.1 Å². The molecule has 0 aliphatic heterocycles. The highest BCUT2D eigenvalue weighted by atomic mass is 32.2. The fraction of sp³-hybridized carbons (Fsp3) is 0.143. The first kappa shape index (κ1) is 17.8. The van der Waals surface area contributed by atoms with E-state index < -0.39 is 0 Å². The first-order valence-electron chi connectivity index (χ1n) is 8.64. The number of thioether (sulfide) groups is 1. The topological polar surface area (TPSA) is 38.1 Å². The van der Waals surface area contributed by atoms with E-state index in [-0.39, 0.29) is 5.91 Å². The molecule has 0 aliphatic rings. The Balaban J connectivity index is 1.56. The smallest absolute Gasteiger partial charge is 0.233 e. The molecule has 0 saturated carbocycles. The number of rotatable bonds is 6. The Labute approximate surface area is 166 Å². The Morgan fingerprint density at radius 3 is 2.63 bits per heavy atom. The Hall–Kier alpha value is -2.57. The third kappa shape index (κ3) is 3.91. The van der Waals surface area contributed by atoms with Crippen LogP contribution < -0.4 is 0 Å². The highest BCUT2D eigenvalue weighted by Gasteiger charge is 2.16.